The second kappa shape index (κ2) is 5.28. The van der Waals surface area contributed by atoms with E-state index >= 15 is 0 Å². The molecule has 0 unspecified atom stereocenters. The molecule has 98 valence electrons. The summed E-state index contributed by atoms with van der Waals surface area (Å²) in [5.41, 5.74) is 8.71. The first kappa shape index (κ1) is 13.4. The third kappa shape index (κ3) is 2.69. The van der Waals surface area contributed by atoms with Crippen molar-refractivity contribution in [2.45, 2.75) is 6.92 Å². The Kier molecular flexibility index (Phi) is 3.71. The lowest BCUT2D eigenvalue weighted by Gasteiger charge is -2.08. The number of aromatic nitrogens is 1. The number of nitrogens with zero attached hydrogens (tertiary/aromatic N) is 1. The molecule has 0 aliphatic carbocycles. The van der Waals surface area contributed by atoms with E-state index in [0.717, 1.165) is 11.1 Å². The highest BCUT2D eigenvalue weighted by atomic mass is 35.5. The van der Waals surface area contributed by atoms with Gasteiger partial charge in [0.15, 0.2) is 5.69 Å². The molecule has 0 spiro atoms. The summed E-state index contributed by atoms with van der Waals surface area (Å²) >= 11 is 5.96. The summed E-state index contributed by atoms with van der Waals surface area (Å²) in [5, 5.41) is 0.114. The number of nitrogen functional groups attached to an aromatic ring is 1. The number of methoxy groups -OCH3 is 1. The van der Waals surface area contributed by atoms with Crippen LogP contribution >= 0.6 is 11.6 Å². The molecule has 2 N–H and O–H groups in total. The molecule has 0 aliphatic rings. The van der Waals surface area contributed by atoms with Crippen molar-refractivity contribution < 1.29 is 9.53 Å². The van der Waals surface area contributed by atoms with E-state index in [1.54, 1.807) is 6.07 Å². The van der Waals surface area contributed by atoms with Crippen molar-refractivity contribution in [2.75, 3.05) is 12.8 Å². The average Bonchev–Trinajstić information content (AvgIpc) is 2.41. The van der Waals surface area contributed by atoms with Crippen LogP contribution in [-0.2, 0) is 4.74 Å². The number of pyridine rings is 1. The summed E-state index contributed by atoms with van der Waals surface area (Å²) in [5.74, 6) is -0.606. The summed E-state index contributed by atoms with van der Waals surface area (Å²) in [6.45, 7) is 1.99. The number of carbonyl (C=O) groups excluding carboxylic acids is 1. The van der Waals surface area contributed by atoms with Crippen molar-refractivity contribution in [3.8, 4) is 11.3 Å². The zero-order valence-corrected chi connectivity index (χ0v) is 11.4. The van der Waals surface area contributed by atoms with Gasteiger partial charge < -0.3 is 10.5 Å². The standard InChI is InChI=1S/C14H13ClN2O2/c1-8-3-5-9(6-4-8)11-7-10(16)12(15)13(17-11)14(18)19-2/h3-7H,1-2H3,(H2,16,17). The first-order valence-electron chi connectivity index (χ1n) is 5.64. The molecule has 0 fully saturated rings. The molecule has 0 radical (unpaired) electrons. The minimum absolute atomic E-state index is 0.0275. The van der Waals surface area contributed by atoms with Gasteiger partial charge in [-0.3, -0.25) is 0 Å². The fourth-order valence-electron chi connectivity index (χ4n) is 1.65. The maximum atomic E-state index is 11.6. The van der Waals surface area contributed by atoms with Crippen LogP contribution in [0, 0.1) is 6.92 Å². The van der Waals surface area contributed by atoms with E-state index in [0.29, 0.717) is 11.4 Å². The maximum Gasteiger partial charge on any atom is 0.358 e. The van der Waals surface area contributed by atoms with Gasteiger partial charge in [0.25, 0.3) is 0 Å². The van der Waals surface area contributed by atoms with Crippen LogP contribution in [0.25, 0.3) is 11.3 Å². The van der Waals surface area contributed by atoms with Crippen molar-refractivity contribution >= 4 is 23.3 Å². The second-order valence-electron chi connectivity index (χ2n) is 4.12. The van der Waals surface area contributed by atoms with Gasteiger partial charge in [0.2, 0.25) is 0 Å². The molecule has 0 aliphatic heterocycles. The minimum Gasteiger partial charge on any atom is -0.464 e. The molecule has 1 aromatic carbocycles. The summed E-state index contributed by atoms with van der Waals surface area (Å²) in [7, 11) is 1.27. The fraction of sp³-hybridized carbons (Fsp3) is 0.143. The Labute approximate surface area is 116 Å². The molecule has 2 aromatic rings. The fourth-order valence-corrected chi connectivity index (χ4v) is 1.83. The normalized spacial score (nSPS) is 10.3. The molecule has 1 aromatic heterocycles. The number of ether oxygens (including phenoxy) is 1. The van der Waals surface area contributed by atoms with Crippen LogP contribution in [0.2, 0.25) is 5.02 Å². The smallest absolute Gasteiger partial charge is 0.358 e. The van der Waals surface area contributed by atoms with Crippen LogP contribution in [0.15, 0.2) is 30.3 Å². The van der Waals surface area contributed by atoms with Gasteiger partial charge in [-0.05, 0) is 13.0 Å². The average molecular weight is 277 g/mol. The molecular formula is C14H13ClN2O2. The van der Waals surface area contributed by atoms with E-state index < -0.39 is 5.97 Å². The minimum atomic E-state index is -0.606. The van der Waals surface area contributed by atoms with Gasteiger partial charge in [-0.1, -0.05) is 41.4 Å². The molecule has 0 bridgehead atoms. The largest absolute Gasteiger partial charge is 0.464 e. The third-order valence-corrected chi connectivity index (χ3v) is 3.11. The molecular weight excluding hydrogens is 264 g/mol. The van der Waals surface area contributed by atoms with E-state index in [4.69, 9.17) is 17.3 Å². The highest BCUT2D eigenvalue weighted by Crippen LogP contribution is 2.28. The Balaban J connectivity index is 2.56. The monoisotopic (exact) mass is 276 g/mol. The SMILES string of the molecule is COC(=O)c1nc(-c2ccc(C)cc2)cc(N)c1Cl. The lowest BCUT2D eigenvalue weighted by atomic mass is 10.1. The van der Waals surface area contributed by atoms with Crippen molar-refractivity contribution in [1.82, 2.24) is 4.98 Å². The highest BCUT2D eigenvalue weighted by molar-refractivity contribution is 6.35. The quantitative estimate of drug-likeness (QED) is 0.856. The Hall–Kier alpha value is -2.07. The molecule has 0 amide bonds. The van der Waals surface area contributed by atoms with Crippen LogP contribution in [0.1, 0.15) is 16.1 Å². The highest BCUT2D eigenvalue weighted by Gasteiger charge is 2.17. The predicted molar refractivity (Wildman–Crippen MR) is 75.2 cm³/mol. The molecule has 0 atom stereocenters. The van der Waals surface area contributed by atoms with Crippen LogP contribution in [0.5, 0.6) is 0 Å². The van der Waals surface area contributed by atoms with Crippen LogP contribution in [0.3, 0.4) is 0 Å². The van der Waals surface area contributed by atoms with Gasteiger partial charge in [0, 0.05) is 5.56 Å². The van der Waals surface area contributed by atoms with Gasteiger partial charge >= 0.3 is 5.97 Å². The van der Waals surface area contributed by atoms with Crippen molar-refractivity contribution in [2.24, 2.45) is 0 Å². The number of halogens is 1. The topological polar surface area (TPSA) is 65.2 Å². The van der Waals surface area contributed by atoms with Crippen LogP contribution in [-0.4, -0.2) is 18.1 Å². The molecule has 2 rings (SSSR count). The number of hydrogen-bond acceptors (Lipinski definition) is 4. The van der Waals surface area contributed by atoms with E-state index in [2.05, 4.69) is 9.72 Å². The van der Waals surface area contributed by atoms with Crippen LogP contribution < -0.4 is 5.73 Å². The number of benzene rings is 1. The van der Waals surface area contributed by atoms with Crippen molar-refractivity contribution in [3.05, 3.63) is 46.6 Å². The summed E-state index contributed by atoms with van der Waals surface area (Å²) < 4.78 is 4.64. The Morgan fingerprint density at radius 1 is 1.32 bits per heavy atom. The number of esters is 1. The Morgan fingerprint density at radius 3 is 2.53 bits per heavy atom. The number of nitrogens with two attached hydrogens (primary N) is 1. The van der Waals surface area contributed by atoms with Gasteiger partial charge in [-0.15, -0.1) is 0 Å². The van der Waals surface area contributed by atoms with Gasteiger partial charge in [0.1, 0.15) is 0 Å². The lowest BCUT2D eigenvalue weighted by molar-refractivity contribution is 0.0594. The van der Waals surface area contributed by atoms with E-state index in [1.165, 1.54) is 7.11 Å². The van der Waals surface area contributed by atoms with Crippen molar-refractivity contribution in [1.29, 1.82) is 0 Å². The van der Waals surface area contributed by atoms with Gasteiger partial charge in [-0.25, -0.2) is 9.78 Å². The first-order valence-corrected chi connectivity index (χ1v) is 6.02. The molecule has 0 saturated heterocycles. The van der Waals surface area contributed by atoms with Gasteiger partial charge in [-0.2, -0.15) is 0 Å². The maximum absolute atomic E-state index is 11.6. The van der Waals surface area contributed by atoms with E-state index in [9.17, 15) is 4.79 Å². The number of carbonyl (C=O) groups is 1. The number of aryl methyl sites for hydroxylation is 1. The second-order valence-corrected chi connectivity index (χ2v) is 4.49. The predicted octanol–water partition coefficient (Wildman–Crippen LogP) is 3.08. The number of rotatable bonds is 2. The molecule has 19 heavy (non-hydrogen) atoms. The number of hydrogen-bond donors (Lipinski definition) is 1. The Morgan fingerprint density at radius 2 is 1.95 bits per heavy atom. The summed E-state index contributed by atoms with van der Waals surface area (Å²) in [6.07, 6.45) is 0. The Bertz CT molecular complexity index is 624. The molecule has 5 heteroatoms. The molecule has 4 nitrogen and oxygen atoms in total. The van der Waals surface area contributed by atoms with Crippen LogP contribution in [0.4, 0.5) is 5.69 Å². The first-order chi connectivity index (χ1) is 9.02. The van der Waals surface area contributed by atoms with E-state index in [-0.39, 0.29) is 10.7 Å². The zero-order valence-electron chi connectivity index (χ0n) is 10.6. The van der Waals surface area contributed by atoms with Gasteiger partial charge in [0.05, 0.1) is 23.5 Å². The summed E-state index contributed by atoms with van der Waals surface area (Å²) in [4.78, 5) is 15.8. The molecule has 1 heterocycles. The lowest BCUT2D eigenvalue weighted by Crippen LogP contribution is -2.08. The number of anilines is 1. The van der Waals surface area contributed by atoms with Crippen molar-refractivity contribution in [3.63, 3.8) is 0 Å². The summed E-state index contributed by atoms with van der Waals surface area (Å²) in [6, 6.07) is 9.37. The zero-order chi connectivity index (χ0) is 14.0. The molecule has 0 saturated carbocycles. The van der Waals surface area contributed by atoms with E-state index in [1.807, 2.05) is 31.2 Å². The third-order valence-electron chi connectivity index (χ3n) is 2.71.